The van der Waals surface area contributed by atoms with Gasteiger partial charge in [0.1, 0.15) is 5.01 Å². The lowest BCUT2D eigenvalue weighted by molar-refractivity contribution is -0.136. The molecule has 0 aliphatic carbocycles. The number of esters is 1. The Labute approximate surface area is 163 Å². The number of aromatic nitrogens is 2. The minimum atomic E-state index is -0.625. The van der Waals surface area contributed by atoms with Crippen molar-refractivity contribution in [2.45, 2.75) is 17.3 Å². The fourth-order valence-corrected chi connectivity index (χ4v) is 4.37. The van der Waals surface area contributed by atoms with E-state index in [-0.39, 0.29) is 6.03 Å². The third-order valence-electron chi connectivity index (χ3n) is 3.61. The second-order valence-corrected chi connectivity index (χ2v) is 8.18. The first-order chi connectivity index (χ1) is 12.5. The summed E-state index contributed by atoms with van der Waals surface area (Å²) in [6.45, 7) is 1.86. The summed E-state index contributed by atoms with van der Waals surface area (Å²) in [6, 6.07) is 5.93. The van der Waals surface area contributed by atoms with E-state index < -0.39 is 12.0 Å². The minimum Gasteiger partial charge on any atom is -0.466 e. The van der Waals surface area contributed by atoms with Gasteiger partial charge in [0.25, 0.3) is 0 Å². The van der Waals surface area contributed by atoms with Crippen LogP contribution in [0, 0.1) is 6.92 Å². The summed E-state index contributed by atoms with van der Waals surface area (Å²) >= 11 is 8.78. The van der Waals surface area contributed by atoms with Crippen LogP contribution >= 0.6 is 34.7 Å². The SMILES string of the molecule is COC(=O)C1=C(CSc2nnc(C)s2)NC(=O)NC1c1ccc(Cl)cc1. The van der Waals surface area contributed by atoms with Gasteiger partial charge >= 0.3 is 12.0 Å². The third kappa shape index (κ3) is 4.17. The Kier molecular flexibility index (Phi) is 5.80. The van der Waals surface area contributed by atoms with Gasteiger partial charge in [0, 0.05) is 16.5 Å². The fraction of sp³-hybridized carbons (Fsp3) is 0.250. The number of methoxy groups -OCH3 is 1. The summed E-state index contributed by atoms with van der Waals surface area (Å²) in [5.74, 6) is -0.155. The van der Waals surface area contributed by atoms with Gasteiger partial charge in [-0.1, -0.05) is 46.8 Å². The van der Waals surface area contributed by atoms with Crippen molar-refractivity contribution >= 4 is 46.7 Å². The molecule has 1 unspecified atom stereocenters. The van der Waals surface area contributed by atoms with E-state index in [0.717, 1.165) is 14.9 Å². The number of carbonyl (C=O) groups is 2. The molecule has 2 heterocycles. The Morgan fingerprint density at radius 1 is 1.35 bits per heavy atom. The van der Waals surface area contributed by atoms with Crippen molar-refractivity contribution in [2.24, 2.45) is 0 Å². The van der Waals surface area contributed by atoms with Crippen LogP contribution in [0.5, 0.6) is 0 Å². The van der Waals surface area contributed by atoms with E-state index >= 15 is 0 Å². The van der Waals surface area contributed by atoms with Gasteiger partial charge in [-0.25, -0.2) is 9.59 Å². The quantitative estimate of drug-likeness (QED) is 0.581. The van der Waals surface area contributed by atoms with Crippen LogP contribution in [0.1, 0.15) is 16.6 Å². The lowest BCUT2D eigenvalue weighted by atomic mass is 9.95. The Bertz CT molecular complexity index is 867. The maximum atomic E-state index is 12.4. The molecule has 10 heteroatoms. The van der Waals surface area contributed by atoms with Crippen molar-refractivity contribution < 1.29 is 14.3 Å². The van der Waals surface area contributed by atoms with E-state index in [1.165, 1.54) is 30.2 Å². The fourth-order valence-electron chi connectivity index (χ4n) is 2.46. The molecule has 0 bridgehead atoms. The first-order valence-electron chi connectivity index (χ1n) is 7.55. The smallest absolute Gasteiger partial charge is 0.338 e. The maximum absolute atomic E-state index is 12.4. The summed E-state index contributed by atoms with van der Waals surface area (Å²) < 4.78 is 5.70. The normalized spacial score (nSPS) is 16.9. The zero-order valence-corrected chi connectivity index (χ0v) is 16.3. The number of ether oxygens (including phenoxy) is 1. The molecule has 2 aromatic rings. The van der Waals surface area contributed by atoms with E-state index in [2.05, 4.69) is 20.8 Å². The number of rotatable bonds is 5. The van der Waals surface area contributed by atoms with Crippen LogP contribution in [0.4, 0.5) is 4.79 Å². The highest BCUT2D eigenvalue weighted by atomic mass is 35.5. The largest absolute Gasteiger partial charge is 0.466 e. The molecule has 0 fully saturated rings. The summed E-state index contributed by atoms with van der Waals surface area (Å²) in [6.07, 6.45) is 0. The van der Waals surface area contributed by atoms with Gasteiger partial charge in [-0.05, 0) is 24.6 Å². The number of thioether (sulfide) groups is 1. The molecular weight excluding hydrogens is 396 g/mol. The minimum absolute atomic E-state index is 0.350. The van der Waals surface area contributed by atoms with E-state index in [4.69, 9.17) is 16.3 Å². The lowest BCUT2D eigenvalue weighted by Crippen LogP contribution is -2.46. The number of aryl methyl sites for hydroxylation is 1. The number of amides is 2. The summed E-state index contributed by atoms with van der Waals surface area (Å²) in [4.78, 5) is 24.5. The first-order valence-corrected chi connectivity index (χ1v) is 9.73. The number of nitrogens with one attached hydrogen (secondary N) is 2. The molecule has 2 N–H and O–H groups in total. The molecule has 2 amide bonds. The van der Waals surface area contributed by atoms with E-state index in [1.54, 1.807) is 24.3 Å². The zero-order valence-electron chi connectivity index (χ0n) is 13.9. The van der Waals surface area contributed by atoms with E-state index in [0.29, 0.717) is 22.0 Å². The maximum Gasteiger partial charge on any atom is 0.338 e. The number of urea groups is 1. The Balaban J connectivity index is 1.95. The molecule has 26 heavy (non-hydrogen) atoms. The molecule has 0 spiro atoms. The number of hydrogen-bond donors (Lipinski definition) is 2. The number of hydrogen-bond acceptors (Lipinski definition) is 7. The van der Waals surface area contributed by atoms with Crippen LogP contribution in [0.25, 0.3) is 0 Å². The van der Waals surface area contributed by atoms with Crippen LogP contribution in [0.3, 0.4) is 0 Å². The number of halogens is 1. The second-order valence-electron chi connectivity index (χ2n) is 5.34. The van der Waals surface area contributed by atoms with Gasteiger partial charge in [-0.3, -0.25) is 0 Å². The summed E-state index contributed by atoms with van der Waals surface area (Å²) in [5, 5.41) is 14.9. The molecule has 1 atom stereocenters. The topological polar surface area (TPSA) is 93.2 Å². The van der Waals surface area contributed by atoms with Gasteiger partial charge in [-0.15, -0.1) is 10.2 Å². The molecule has 1 aliphatic heterocycles. The molecule has 7 nitrogen and oxygen atoms in total. The van der Waals surface area contributed by atoms with Crippen molar-refractivity contribution in [1.29, 1.82) is 0 Å². The van der Waals surface area contributed by atoms with Crippen molar-refractivity contribution in [3.8, 4) is 0 Å². The average molecular weight is 411 g/mol. The van der Waals surface area contributed by atoms with Crippen LogP contribution in [0.15, 0.2) is 39.9 Å². The number of carbonyl (C=O) groups excluding carboxylic acids is 2. The third-order valence-corrected chi connectivity index (χ3v) is 5.86. The van der Waals surface area contributed by atoms with Crippen molar-refractivity contribution in [3.63, 3.8) is 0 Å². The Morgan fingerprint density at radius 3 is 2.69 bits per heavy atom. The van der Waals surface area contributed by atoms with Crippen LogP contribution in [-0.4, -0.2) is 35.1 Å². The van der Waals surface area contributed by atoms with Crippen molar-refractivity contribution in [1.82, 2.24) is 20.8 Å². The summed E-state index contributed by atoms with van der Waals surface area (Å²) in [5.41, 5.74) is 1.57. The standard InChI is InChI=1S/C16H15ClN4O3S2/c1-8-20-21-16(26-8)25-7-11-12(14(22)24-2)13(19-15(23)18-11)9-3-5-10(17)6-4-9/h3-6,13H,7H2,1-2H3,(H2,18,19,23). The van der Waals surface area contributed by atoms with Gasteiger partial charge in [0.2, 0.25) is 0 Å². The molecule has 1 aromatic carbocycles. The Morgan fingerprint density at radius 2 is 2.08 bits per heavy atom. The molecule has 0 saturated heterocycles. The average Bonchev–Trinajstić information content (AvgIpc) is 3.05. The van der Waals surface area contributed by atoms with Gasteiger partial charge in [0.05, 0.1) is 18.7 Å². The summed E-state index contributed by atoms with van der Waals surface area (Å²) in [7, 11) is 1.31. The molecule has 0 saturated carbocycles. The molecular formula is C16H15ClN4O3S2. The van der Waals surface area contributed by atoms with E-state index in [1.807, 2.05) is 6.92 Å². The van der Waals surface area contributed by atoms with Crippen LogP contribution < -0.4 is 10.6 Å². The highest BCUT2D eigenvalue weighted by Crippen LogP contribution is 2.31. The van der Waals surface area contributed by atoms with Gasteiger partial charge in [-0.2, -0.15) is 0 Å². The van der Waals surface area contributed by atoms with Crippen molar-refractivity contribution in [3.05, 3.63) is 51.1 Å². The molecule has 1 aromatic heterocycles. The molecule has 136 valence electrons. The number of benzene rings is 1. The molecule has 3 rings (SSSR count). The van der Waals surface area contributed by atoms with Gasteiger partial charge in [0.15, 0.2) is 4.34 Å². The van der Waals surface area contributed by atoms with E-state index in [9.17, 15) is 9.59 Å². The Hall–Kier alpha value is -2.10. The van der Waals surface area contributed by atoms with Crippen LogP contribution in [0.2, 0.25) is 5.02 Å². The lowest BCUT2D eigenvalue weighted by Gasteiger charge is -2.29. The number of nitrogens with zero attached hydrogens (tertiary/aromatic N) is 2. The highest BCUT2D eigenvalue weighted by molar-refractivity contribution is 8.01. The monoisotopic (exact) mass is 410 g/mol. The van der Waals surface area contributed by atoms with Gasteiger partial charge < -0.3 is 15.4 Å². The highest BCUT2D eigenvalue weighted by Gasteiger charge is 2.33. The predicted molar refractivity (Wildman–Crippen MR) is 100 cm³/mol. The molecule has 1 aliphatic rings. The zero-order chi connectivity index (χ0) is 18.7. The second kappa shape index (κ2) is 8.07. The van der Waals surface area contributed by atoms with Crippen LogP contribution in [-0.2, 0) is 9.53 Å². The first kappa shape index (κ1) is 18.7. The molecule has 0 radical (unpaired) electrons. The van der Waals surface area contributed by atoms with Crippen molar-refractivity contribution in [2.75, 3.05) is 12.9 Å². The predicted octanol–water partition coefficient (Wildman–Crippen LogP) is 3.07.